The second kappa shape index (κ2) is 7.53. The summed E-state index contributed by atoms with van der Waals surface area (Å²) in [5, 5.41) is 3.62. The fourth-order valence-electron chi connectivity index (χ4n) is 2.24. The van der Waals surface area contributed by atoms with Crippen LogP contribution in [0.5, 0.6) is 5.75 Å². The zero-order valence-electron chi connectivity index (χ0n) is 13.6. The summed E-state index contributed by atoms with van der Waals surface area (Å²) in [5.74, 6) is 0.467. The van der Waals surface area contributed by atoms with Gasteiger partial charge in [-0.05, 0) is 96.8 Å². The van der Waals surface area contributed by atoms with E-state index in [0.29, 0.717) is 5.75 Å². The molecule has 3 nitrogen and oxygen atoms in total. The summed E-state index contributed by atoms with van der Waals surface area (Å²) in [7, 11) is 0. The molecule has 1 N–H and O–H groups in total. The number of carbonyl (C=O) groups excluding carboxylic acids is 1. The number of amides is 1. The van der Waals surface area contributed by atoms with E-state index in [4.69, 9.17) is 16.3 Å². The van der Waals surface area contributed by atoms with Crippen LogP contribution in [0.25, 0.3) is 0 Å². The van der Waals surface area contributed by atoms with E-state index in [9.17, 15) is 4.79 Å². The summed E-state index contributed by atoms with van der Waals surface area (Å²) >= 11 is 8.41. The molecular weight excluding hydrogens is 425 g/mol. The lowest BCUT2D eigenvalue weighted by Gasteiger charge is -2.12. The highest BCUT2D eigenvalue weighted by atomic mass is 127. The molecule has 0 aliphatic rings. The quantitative estimate of drug-likeness (QED) is 0.660. The largest absolute Gasteiger partial charge is 0.484 e. The van der Waals surface area contributed by atoms with Gasteiger partial charge in [0.25, 0.3) is 5.91 Å². The molecule has 5 heteroatoms. The van der Waals surface area contributed by atoms with Crippen molar-refractivity contribution >= 4 is 45.8 Å². The Balaban J connectivity index is 2.02. The minimum Gasteiger partial charge on any atom is -0.484 e. The second-order valence-electron chi connectivity index (χ2n) is 5.62. The van der Waals surface area contributed by atoms with E-state index in [0.717, 1.165) is 33.0 Å². The van der Waals surface area contributed by atoms with Crippen LogP contribution in [0.2, 0.25) is 5.02 Å². The van der Waals surface area contributed by atoms with Gasteiger partial charge in [0.15, 0.2) is 6.61 Å². The molecule has 0 aliphatic carbocycles. The molecule has 2 aromatic rings. The van der Waals surface area contributed by atoms with Crippen LogP contribution >= 0.6 is 34.2 Å². The first-order chi connectivity index (χ1) is 10.8. The lowest BCUT2D eigenvalue weighted by molar-refractivity contribution is -0.118. The predicted molar refractivity (Wildman–Crippen MR) is 104 cm³/mol. The van der Waals surface area contributed by atoms with Crippen molar-refractivity contribution in [1.82, 2.24) is 0 Å². The fourth-order valence-corrected chi connectivity index (χ4v) is 2.97. The number of nitrogens with one attached hydrogen (secondary N) is 1. The van der Waals surface area contributed by atoms with Crippen molar-refractivity contribution in [3.63, 3.8) is 0 Å². The van der Waals surface area contributed by atoms with Crippen molar-refractivity contribution in [2.45, 2.75) is 27.7 Å². The van der Waals surface area contributed by atoms with Gasteiger partial charge in [-0.1, -0.05) is 11.6 Å². The van der Waals surface area contributed by atoms with E-state index < -0.39 is 0 Å². The first kappa shape index (κ1) is 18.1. The van der Waals surface area contributed by atoms with E-state index >= 15 is 0 Å². The second-order valence-corrected chi connectivity index (χ2v) is 7.16. The van der Waals surface area contributed by atoms with E-state index in [-0.39, 0.29) is 12.5 Å². The highest BCUT2D eigenvalue weighted by molar-refractivity contribution is 14.1. The zero-order valence-corrected chi connectivity index (χ0v) is 16.5. The van der Waals surface area contributed by atoms with Gasteiger partial charge in [0.2, 0.25) is 0 Å². The smallest absolute Gasteiger partial charge is 0.262 e. The Bertz CT molecular complexity index is 736. The van der Waals surface area contributed by atoms with Gasteiger partial charge in [-0.3, -0.25) is 4.79 Å². The molecule has 0 bridgehead atoms. The molecule has 0 atom stereocenters. The average molecular weight is 444 g/mol. The first-order valence-electron chi connectivity index (χ1n) is 7.24. The van der Waals surface area contributed by atoms with Crippen molar-refractivity contribution in [2.75, 3.05) is 11.9 Å². The maximum absolute atomic E-state index is 12.1. The van der Waals surface area contributed by atoms with Gasteiger partial charge in [-0.15, -0.1) is 0 Å². The van der Waals surface area contributed by atoms with Gasteiger partial charge in [0.1, 0.15) is 5.75 Å². The van der Waals surface area contributed by atoms with Crippen LogP contribution in [0.15, 0.2) is 24.3 Å². The third-order valence-corrected chi connectivity index (χ3v) is 5.32. The molecule has 0 fully saturated rings. The lowest BCUT2D eigenvalue weighted by atomic mass is 10.1. The number of aryl methyl sites for hydroxylation is 4. The van der Waals surface area contributed by atoms with Gasteiger partial charge < -0.3 is 10.1 Å². The van der Waals surface area contributed by atoms with Crippen LogP contribution in [-0.4, -0.2) is 12.5 Å². The molecule has 0 heterocycles. The first-order valence-corrected chi connectivity index (χ1v) is 8.69. The van der Waals surface area contributed by atoms with Crippen LogP contribution in [0, 0.1) is 31.3 Å². The normalized spacial score (nSPS) is 10.5. The Labute approximate surface area is 155 Å². The van der Waals surface area contributed by atoms with Gasteiger partial charge in [0, 0.05) is 14.3 Å². The number of hydrogen-bond acceptors (Lipinski definition) is 2. The third kappa shape index (κ3) is 4.61. The van der Waals surface area contributed by atoms with E-state index in [2.05, 4.69) is 34.0 Å². The Hall–Kier alpha value is -1.27. The van der Waals surface area contributed by atoms with E-state index in [1.807, 2.05) is 45.9 Å². The molecule has 2 rings (SSSR count). The predicted octanol–water partition coefficient (Wildman–Crippen LogP) is 5.20. The van der Waals surface area contributed by atoms with E-state index in [1.165, 1.54) is 3.57 Å². The molecule has 2 aromatic carbocycles. The number of anilines is 1. The van der Waals surface area contributed by atoms with Gasteiger partial charge >= 0.3 is 0 Å². The Morgan fingerprint density at radius 3 is 2.26 bits per heavy atom. The molecule has 122 valence electrons. The minimum absolute atomic E-state index is 0.0367. The molecule has 0 aliphatic heterocycles. The highest BCUT2D eigenvalue weighted by Gasteiger charge is 2.09. The number of rotatable bonds is 4. The Morgan fingerprint density at radius 2 is 1.65 bits per heavy atom. The molecule has 0 aromatic heterocycles. The molecule has 0 saturated heterocycles. The lowest BCUT2D eigenvalue weighted by Crippen LogP contribution is -2.21. The fraction of sp³-hybridized carbons (Fsp3) is 0.278. The summed E-state index contributed by atoms with van der Waals surface area (Å²) in [6.45, 7) is 7.79. The molecule has 0 radical (unpaired) electrons. The number of carbonyl (C=O) groups is 1. The minimum atomic E-state index is -0.182. The van der Waals surface area contributed by atoms with Crippen molar-refractivity contribution in [3.8, 4) is 5.75 Å². The van der Waals surface area contributed by atoms with Crippen LogP contribution in [-0.2, 0) is 4.79 Å². The number of ether oxygens (including phenoxy) is 1. The number of benzene rings is 2. The van der Waals surface area contributed by atoms with Gasteiger partial charge in [-0.25, -0.2) is 0 Å². The summed E-state index contributed by atoms with van der Waals surface area (Å²) in [6.07, 6.45) is 0. The van der Waals surface area contributed by atoms with Gasteiger partial charge in [-0.2, -0.15) is 0 Å². The standard InChI is InChI=1S/C18H19ClINO2/c1-10-8-16(11(2)7-15(10)20)21-17(22)9-23-14-5-12(3)18(19)13(4)6-14/h5-8H,9H2,1-4H3,(H,21,22). The molecule has 23 heavy (non-hydrogen) atoms. The third-order valence-electron chi connectivity index (χ3n) is 3.56. The maximum atomic E-state index is 12.1. The van der Waals surface area contributed by atoms with Gasteiger partial charge in [0.05, 0.1) is 0 Å². The Kier molecular flexibility index (Phi) is 5.92. The van der Waals surface area contributed by atoms with Crippen molar-refractivity contribution in [1.29, 1.82) is 0 Å². The molecule has 0 unspecified atom stereocenters. The molecule has 1 amide bonds. The van der Waals surface area contributed by atoms with Crippen LogP contribution in [0.1, 0.15) is 22.3 Å². The number of halogens is 2. The molecule has 0 saturated carbocycles. The van der Waals surface area contributed by atoms with Crippen LogP contribution in [0.4, 0.5) is 5.69 Å². The molecular formula is C18H19ClINO2. The summed E-state index contributed by atoms with van der Waals surface area (Å²) in [6, 6.07) is 7.70. The van der Waals surface area contributed by atoms with Crippen LogP contribution < -0.4 is 10.1 Å². The molecule has 0 spiro atoms. The van der Waals surface area contributed by atoms with Crippen molar-refractivity contribution in [3.05, 3.63) is 55.1 Å². The summed E-state index contributed by atoms with van der Waals surface area (Å²) in [5.41, 5.74) is 4.86. The van der Waals surface area contributed by atoms with Crippen LogP contribution in [0.3, 0.4) is 0 Å². The summed E-state index contributed by atoms with van der Waals surface area (Å²) in [4.78, 5) is 12.1. The summed E-state index contributed by atoms with van der Waals surface area (Å²) < 4.78 is 6.76. The number of hydrogen-bond donors (Lipinski definition) is 1. The maximum Gasteiger partial charge on any atom is 0.262 e. The highest BCUT2D eigenvalue weighted by Crippen LogP contribution is 2.26. The van der Waals surface area contributed by atoms with Crippen molar-refractivity contribution in [2.24, 2.45) is 0 Å². The zero-order chi connectivity index (χ0) is 17.1. The average Bonchev–Trinajstić information content (AvgIpc) is 2.48. The SMILES string of the molecule is Cc1cc(NC(=O)COc2cc(C)c(Cl)c(C)c2)c(C)cc1I. The van der Waals surface area contributed by atoms with Crippen molar-refractivity contribution < 1.29 is 9.53 Å². The Morgan fingerprint density at radius 1 is 1.04 bits per heavy atom. The monoisotopic (exact) mass is 443 g/mol. The van der Waals surface area contributed by atoms with E-state index in [1.54, 1.807) is 0 Å². The topological polar surface area (TPSA) is 38.3 Å².